The molecule has 0 radical (unpaired) electrons. The summed E-state index contributed by atoms with van der Waals surface area (Å²) in [6.07, 6.45) is 1.08. The molecule has 0 aliphatic heterocycles. The number of hydrogen-bond donors (Lipinski definition) is 1. The maximum Gasteiger partial charge on any atom is 0.238 e. The first-order valence-corrected chi connectivity index (χ1v) is 11.1. The number of nitrogens with two attached hydrogens (primary N) is 1. The van der Waals surface area contributed by atoms with Gasteiger partial charge in [-0.05, 0) is 30.3 Å². The number of hydrogen-bond acceptors (Lipinski definition) is 5. The zero-order chi connectivity index (χ0) is 19.5. The van der Waals surface area contributed by atoms with Crippen LogP contribution in [0.25, 0.3) is 0 Å². The van der Waals surface area contributed by atoms with Crippen molar-refractivity contribution >= 4 is 25.5 Å². The molecule has 0 aliphatic carbocycles. The van der Waals surface area contributed by atoms with Gasteiger partial charge in [-0.3, -0.25) is 0 Å². The molecule has 10 heteroatoms. The molecule has 2 rings (SSSR count). The number of halogens is 2. The van der Waals surface area contributed by atoms with Crippen LogP contribution in [0.5, 0.6) is 0 Å². The highest BCUT2D eigenvalue weighted by Gasteiger charge is 2.15. The number of benzene rings is 2. The molecule has 26 heavy (non-hydrogen) atoms. The van der Waals surface area contributed by atoms with Crippen LogP contribution < -0.4 is 10.0 Å². The van der Waals surface area contributed by atoms with Crippen molar-refractivity contribution in [3.05, 3.63) is 59.7 Å². The minimum absolute atomic E-state index is 0.0175. The summed E-state index contributed by atoms with van der Waals surface area (Å²) in [7, 11) is -7.15. The molecule has 2 N–H and O–H groups in total. The van der Waals surface area contributed by atoms with E-state index in [1.807, 2.05) is 0 Å². The van der Waals surface area contributed by atoms with E-state index in [9.17, 15) is 25.6 Å². The minimum Gasteiger partial charge on any atom is -0.366 e. The van der Waals surface area contributed by atoms with E-state index in [4.69, 9.17) is 5.14 Å². The smallest absolute Gasteiger partial charge is 0.238 e. The van der Waals surface area contributed by atoms with E-state index >= 15 is 0 Å². The van der Waals surface area contributed by atoms with Crippen LogP contribution in [0.3, 0.4) is 0 Å². The number of anilines is 1. The third kappa shape index (κ3) is 5.75. The van der Waals surface area contributed by atoms with Gasteiger partial charge in [-0.15, -0.1) is 0 Å². The molecule has 0 unspecified atom stereocenters. The largest absolute Gasteiger partial charge is 0.366 e. The summed E-state index contributed by atoms with van der Waals surface area (Å²) < 4.78 is 72.6. The van der Waals surface area contributed by atoms with E-state index in [1.54, 1.807) is 4.90 Å². The Kier molecular flexibility index (Phi) is 5.99. The molecule has 0 aliphatic rings. The summed E-state index contributed by atoms with van der Waals surface area (Å²) in [5, 5.41) is 5.05. The van der Waals surface area contributed by atoms with Crippen LogP contribution in [0.2, 0.25) is 0 Å². The molecule has 0 bridgehead atoms. The van der Waals surface area contributed by atoms with Crippen molar-refractivity contribution in [3.8, 4) is 0 Å². The van der Waals surface area contributed by atoms with Crippen LogP contribution in [0.4, 0.5) is 14.5 Å². The van der Waals surface area contributed by atoms with Crippen molar-refractivity contribution in [3.63, 3.8) is 0 Å². The standard InChI is InChI=1S/C16H18F2N2O4S2/c1-25(21,22)9-8-20(11-12-2-3-13(17)10-16(12)18)14-4-6-15(7-5-14)26(19,23)24/h2-7,10H,8-9,11H2,1H3,(H2,19,23,24). The van der Waals surface area contributed by atoms with E-state index in [1.165, 1.54) is 30.3 Å². The van der Waals surface area contributed by atoms with Crippen LogP contribution in [-0.2, 0) is 26.4 Å². The van der Waals surface area contributed by atoms with Gasteiger partial charge in [0.15, 0.2) is 0 Å². The molecule has 0 amide bonds. The molecule has 0 aromatic heterocycles. The van der Waals surface area contributed by atoms with Crippen molar-refractivity contribution in [1.29, 1.82) is 0 Å². The van der Waals surface area contributed by atoms with Crippen LogP contribution in [-0.4, -0.2) is 35.4 Å². The lowest BCUT2D eigenvalue weighted by Gasteiger charge is -2.25. The second-order valence-electron chi connectivity index (χ2n) is 5.83. The fraction of sp³-hybridized carbons (Fsp3) is 0.250. The van der Waals surface area contributed by atoms with Crippen molar-refractivity contribution in [1.82, 2.24) is 0 Å². The molecule has 0 saturated carbocycles. The van der Waals surface area contributed by atoms with E-state index in [0.717, 1.165) is 18.4 Å². The Morgan fingerprint density at radius 3 is 2.12 bits per heavy atom. The molecular weight excluding hydrogens is 386 g/mol. The first kappa shape index (κ1) is 20.3. The Bertz CT molecular complexity index is 991. The summed E-state index contributed by atoms with van der Waals surface area (Å²) in [6.45, 7) is 0.0285. The normalized spacial score (nSPS) is 12.2. The lowest BCUT2D eigenvalue weighted by molar-refractivity contribution is 0.569. The Balaban J connectivity index is 2.34. The number of sulfonamides is 1. The summed E-state index contributed by atoms with van der Waals surface area (Å²) in [5.41, 5.74) is 0.653. The van der Waals surface area contributed by atoms with Gasteiger partial charge in [0.2, 0.25) is 10.0 Å². The summed E-state index contributed by atoms with van der Waals surface area (Å²) in [5.74, 6) is -1.66. The topological polar surface area (TPSA) is 97.5 Å². The second-order valence-corrected chi connectivity index (χ2v) is 9.65. The Morgan fingerprint density at radius 1 is 1.00 bits per heavy atom. The van der Waals surface area contributed by atoms with Gasteiger partial charge in [-0.25, -0.2) is 30.8 Å². The van der Waals surface area contributed by atoms with E-state index in [-0.39, 0.29) is 29.3 Å². The predicted molar refractivity (Wildman–Crippen MR) is 94.9 cm³/mol. The van der Waals surface area contributed by atoms with Gasteiger partial charge in [0.1, 0.15) is 21.5 Å². The Labute approximate surface area is 151 Å². The van der Waals surface area contributed by atoms with Gasteiger partial charge in [0.25, 0.3) is 0 Å². The second kappa shape index (κ2) is 7.68. The summed E-state index contributed by atoms with van der Waals surface area (Å²) in [6, 6.07) is 8.58. The maximum absolute atomic E-state index is 13.9. The highest BCUT2D eigenvalue weighted by Crippen LogP contribution is 2.21. The fourth-order valence-electron chi connectivity index (χ4n) is 2.28. The molecule has 0 atom stereocenters. The summed E-state index contributed by atoms with van der Waals surface area (Å²) >= 11 is 0. The average Bonchev–Trinajstić information content (AvgIpc) is 2.51. The predicted octanol–water partition coefficient (Wildman–Crippen LogP) is 1.66. The van der Waals surface area contributed by atoms with E-state index in [2.05, 4.69) is 0 Å². The highest BCUT2D eigenvalue weighted by molar-refractivity contribution is 7.90. The molecule has 0 saturated heterocycles. The third-order valence-electron chi connectivity index (χ3n) is 3.64. The van der Waals surface area contributed by atoms with Gasteiger partial charge in [0.05, 0.1) is 10.6 Å². The molecule has 6 nitrogen and oxygen atoms in total. The van der Waals surface area contributed by atoms with Crippen LogP contribution >= 0.6 is 0 Å². The molecule has 2 aromatic rings. The SMILES string of the molecule is CS(=O)(=O)CCN(Cc1ccc(F)cc1F)c1ccc(S(N)(=O)=O)cc1. The van der Waals surface area contributed by atoms with Crippen molar-refractivity contribution < 1.29 is 25.6 Å². The molecule has 142 valence electrons. The van der Waals surface area contributed by atoms with Gasteiger partial charge in [-0.2, -0.15) is 0 Å². The zero-order valence-corrected chi connectivity index (χ0v) is 15.5. The molecular formula is C16H18F2N2O4S2. The van der Waals surface area contributed by atoms with Gasteiger partial charge >= 0.3 is 0 Å². The van der Waals surface area contributed by atoms with E-state index < -0.39 is 31.5 Å². The van der Waals surface area contributed by atoms with Crippen LogP contribution in [0, 0.1) is 11.6 Å². The Hall–Kier alpha value is -2.04. The summed E-state index contributed by atoms with van der Waals surface area (Å²) in [4.78, 5) is 1.46. The van der Waals surface area contributed by atoms with E-state index in [0.29, 0.717) is 5.69 Å². The Morgan fingerprint density at radius 2 is 1.62 bits per heavy atom. The number of sulfone groups is 1. The zero-order valence-electron chi connectivity index (χ0n) is 13.9. The van der Waals surface area contributed by atoms with Gasteiger partial charge in [0, 0.05) is 36.7 Å². The first-order valence-electron chi connectivity index (χ1n) is 7.45. The number of primary sulfonamides is 1. The van der Waals surface area contributed by atoms with Crippen LogP contribution in [0.1, 0.15) is 5.56 Å². The van der Waals surface area contributed by atoms with Crippen molar-refractivity contribution in [2.24, 2.45) is 5.14 Å². The fourth-order valence-corrected chi connectivity index (χ4v) is 3.35. The molecule has 0 fully saturated rings. The molecule has 2 aromatic carbocycles. The average molecular weight is 404 g/mol. The van der Waals surface area contributed by atoms with Crippen molar-refractivity contribution in [2.45, 2.75) is 11.4 Å². The molecule has 0 spiro atoms. The highest BCUT2D eigenvalue weighted by atomic mass is 32.2. The van der Waals surface area contributed by atoms with Crippen molar-refractivity contribution in [2.75, 3.05) is 23.5 Å². The quantitative estimate of drug-likeness (QED) is 0.757. The number of rotatable bonds is 7. The first-order chi connectivity index (χ1) is 12.0. The monoisotopic (exact) mass is 404 g/mol. The number of nitrogens with zero attached hydrogens (tertiary/aromatic N) is 1. The maximum atomic E-state index is 13.9. The van der Waals surface area contributed by atoms with Gasteiger partial charge < -0.3 is 4.90 Å². The lowest BCUT2D eigenvalue weighted by Crippen LogP contribution is -2.29. The molecule has 0 heterocycles. The van der Waals surface area contributed by atoms with Gasteiger partial charge in [-0.1, -0.05) is 6.07 Å². The van der Waals surface area contributed by atoms with Crippen LogP contribution in [0.15, 0.2) is 47.4 Å². The third-order valence-corrected chi connectivity index (χ3v) is 5.49. The minimum atomic E-state index is -3.87. The lowest BCUT2D eigenvalue weighted by atomic mass is 10.1.